The summed E-state index contributed by atoms with van der Waals surface area (Å²) in [6, 6.07) is 21.3. The summed E-state index contributed by atoms with van der Waals surface area (Å²) in [6.45, 7) is 0.989. The van der Waals surface area contributed by atoms with Crippen LogP contribution in [0, 0.1) is 11.3 Å². The lowest BCUT2D eigenvalue weighted by atomic mass is 10.0. The fourth-order valence-corrected chi connectivity index (χ4v) is 3.98. The van der Waals surface area contributed by atoms with E-state index in [4.69, 9.17) is 14.6 Å². The Kier molecular flexibility index (Phi) is 6.51. The molecule has 0 bridgehead atoms. The largest absolute Gasteiger partial charge is 0.497 e. The van der Waals surface area contributed by atoms with Crippen molar-refractivity contribution in [1.29, 1.82) is 5.26 Å². The average molecular weight is 480 g/mol. The van der Waals surface area contributed by atoms with E-state index >= 15 is 0 Å². The standard InChI is InChI=1S/C27H25N7O2/c1-35-24-10-9-21(26(14-24)36-2)16-30-33-17-22(20-7-5-6-19(12-20)15-28)13-25-27(33)32-34(31-25)18-23-8-3-4-11-29-23/h3-14,17,30-31H,16,18H2,1-2H3. The Labute approximate surface area is 209 Å². The molecule has 2 N–H and O–H groups in total. The molecule has 180 valence electrons. The highest BCUT2D eigenvalue weighted by Crippen LogP contribution is 2.28. The maximum atomic E-state index is 9.36. The number of hydrogen-bond acceptors (Lipinski definition) is 9. The molecule has 0 saturated heterocycles. The van der Waals surface area contributed by atoms with Crippen LogP contribution in [0.25, 0.3) is 5.57 Å². The van der Waals surface area contributed by atoms with Gasteiger partial charge < -0.3 is 9.47 Å². The number of aromatic nitrogens is 1. The van der Waals surface area contributed by atoms with Crippen LogP contribution in [0.2, 0.25) is 0 Å². The molecule has 9 nitrogen and oxygen atoms in total. The first kappa shape index (κ1) is 23.0. The van der Waals surface area contributed by atoms with E-state index in [1.807, 2.05) is 71.9 Å². The minimum Gasteiger partial charge on any atom is -0.497 e. The Morgan fingerprint density at radius 2 is 1.97 bits per heavy atom. The number of benzene rings is 2. The summed E-state index contributed by atoms with van der Waals surface area (Å²) < 4.78 is 10.9. The van der Waals surface area contributed by atoms with Gasteiger partial charge in [0.1, 0.15) is 23.7 Å². The summed E-state index contributed by atoms with van der Waals surface area (Å²) in [5, 5.41) is 17.8. The molecule has 0 unspecified atom stereocenters. The van der Waals surface area contributed by atoms with E-state index in [1.54, 1.807) is 31.6 Å². The quantitative estimate of drug-likeness (QED) is 0.506. The molecule has 0 amide bonds. The lowest BCUT2D eigenvalue weighted by Gasteiger charge is -2.26. The van der Waals surface area contributed by atoms with Crippen molar-refractivity contribution in [3.8, 4) is 17.6 Å². The molecule has 0 atom stereocenters. The maximum Gasteiger partial charge on any atom is 0.194 e. The number of pyridine rings is 1. The van der Waals surface area contributed by atoms with E-state index in [9.17, 15) is 5.26 Å². The van der Waals surface area contributed by atoms with E-state index < -0.39 is 0 Å². The van der Waals surface area contributed by atoms with Crippen molar-refractivity contribution < 1.29 is 9.47 Å². The topological polar surface area (TPSA) is 98.0 Å². The highest BCUT2D eigenvalue weighted by Gasteiger charge is 2.28. The van der Waals surface area contributed by atoms with Gasteiger partial charge in [-0.1, -0.05) is 24.3 Å². The van der Waals surface area contributed by atoms with E-state index in [0.29, 0.717) is 18.7 Å². The Bertz CT molecular complexity index is 1390. The molecule has 2 aliphatic rings. The van der Waals surface area contributed by atoms with Crippen molar-refractivity contribution in [2.45, 2.75) is 13.1 Å². The second-order valence-electron chi connectivity index (χ2n) is 8.13. The Morgan fingerprint density at radius 3 is 2.75 bits per heavy atom. The van der Waals surface area contributed by atoms with Gasteiger partial charge in [-0.3, -0.25) is 15.4 Å². The number of amidine groups is 1. The van der Waals surface area contributed by atoms with Gasteiger partial charge in [-0.25, -0.2) is 5.43 Å². The van der Waals surface area contributed by atoms with Gasteiger partial charge in [0.05, 0.1) is 31.5 Å². The molecule has 0 spiro atoms. The molecule has 1 aromatic heterocycles. The van der Waals surface area contributed by atoms with Crippen LogP contribution in [-0.2, 0) is 13.1 Å². The van der Waals surface area contributed by atoms with Crippen LogP contribution in [0.3, 0.4) is 0 Å². The fourth-order valence-electron chi connectivity index (χ4n) is 3.98. The van der Waals surface area contributed by atoms with Crippen molar-refractivity contribution >= 4 is 11.4 Å². The summed E-state index contributed by atoms with van der Waals surface area (Å²) in [5.74, 6) is 2.18. The molecular weight excluding hydrogens is 454 g/mol. The van der Waals surface area contributed by atoms with Gasteiger partial charge in [0.2, 0.25) is 0 Å². The van der Waals surface area contributed by atoms with Gasteiger partial charge in [0.15, 0.2) is 5.84 Å². The van der Waals surface area contributed by atoms with Crippen molar-refractivity contribution in [3.63, 3.8) is 0 Å². The molecule has 3 heterocycles. The van der Waals surface area contributed by atoms with Crippen molar-refractivity contribution in [3.05, 3.63) is 107 Å². The van der Waals surface area contributed by atoms with Gasteiger partial charge in [0.25, 0.3) is 0 Å². The summed E-state index contributed by atoms with van der Waals surface area (Å²) in [7, 11) is 3.27. The number of methoxy groups -OCH3 is 2. The van der Waals surface area contributed by atoms with Gasteiger partial charge in [-0.2, -0.15) is 10.4 Å². The third kappa shape index (κ3) is 4.85. The minimum absolute atomic E-state index is 0.488. The number of hydrogen-bond donors (Lipinski definition) is 2. The Balaban J connectivity index is 1.44. The zero-order chi connectivity index (χ0) is 24.9. The van der Waals surface area contributed by atoms with Gasteiger partial charge in [-0.15, -0.1) is 5.10 Å². The number of hydrazone groups is 1. The molecule has 2 aliphatic heterocycles. The predicted octanol–water partition coefficient (Wildman–Crippen LogP) is 3.55. The Morgan fingerprint density at radius 1 is 1.06 bits per heavy atom. The van der Waals surface area contributed by atoms with Gasteiger partial charge >= 0.3 is 0 Å². The molecule has 2 aromatic carbocycles. The number of nitrogens with one attached hydrogen (secondary N) is 2. The molecule has 3 aromatic rings. The van der Waals surface area contributed by atoms with Crippen LogP contribution in [0.1, 0.15) is 22.4 Å². The van der Waals surface area contributed by atoms with E-state index in [1.165, 1.54) is 0 Å². The van der Waals surface area contributed by atoms with Crippen molar-refractivity contribution in [1.82, 2.24) is 26.0 Å². The van der Waals surface area contributed by atoms with Crippen LogP contribution in [0.5, 0.6) is 11.5 Å². The van der Waals surface area contributed by atoms with Gasteiger partial charge in [-0.05, 0) is 42.0 Å². The molecule has 0 fully saturated rings. The number of nitriles is 1. The number of ether oxygens (including phenoxy) is 2. The third-order valence-corrected chi connectivity index (χ3v) is 5.80. The fraction of sp³-hybridized carbons (Fsp3) is 0.148. The van der Waals surface area contributed by atoms with Crippen molar-refractivity contribution in [2.75, 3.05) is 14.2 Å². The molecule has 0 saturated carbocycles. The minimum atomic E-state index is 0.488. The van der Waals surface area contributed by atoms with E-state index in [2.05, 4.69) is 21.9 Å². The Hall–Kier alpha value is -4.81. The highest BCUT2D eigenvalue weighted by molar-refractivity contribution is 6.04. The normalized spacial score (nSPS) is 14.2. The highest BCUT2D eigenvalue weighted by atomic mass is 16.5. The summed E-state index contributed by atoms with van der Waals surface area (Å²) >= 11 is 0. The van der Waals surface area contributed by atoms with Crippen LogP contribution >= 0.6 is 0 Å². The number of allylic oxidation sites excluding steroid dienone is 2. The molecule has 0 aliphatic carbocycles. The summed E-state index contributed by atoms with van der Waals surface area (Å²) in [4.78, 5) is 4.40. The lowest BCUT2D eigenvalue weighted by molar-refractivity contribution is 0.231. The molecule has 0 radical (unpaired) electrons. The molecule has 5 rings (SSSR count). The first-order valence-corrected chi connectivity index (χ1v) is 11.4. The number of nitrogens with zero attached hydrogens (tertiary/aromatic N) is 5. The monoisotopic (exact) mass is 479 g/mol. The van der Waals surface area contributed by atoms with Crippen LogP contribution < -0.4 is 20.3 Å². The smallest absolute Gasteiger partial charge is 0.194 e. The van der Waals surface area contributed by atoms with Crippen molar-refractivity contribution in [2.24, 2.45) is 5.10 Å². The lowest BCUT2D eigenvalue weighted by Crippen LogP contribution is -2.41. The first-order chi connectivity index (χ1) is 17.7. The van der Waals surface area contributed by atoms with E-state index in [0.717, 1.165) is 45.4 Å². The zero-order valence-corrected chi connectivity index (χ0v) is 20.0. The first-order valence-electron chi connectivity index (χ1n) is 11.4. The SMILES string of the molecule is COc1ccc(CNN2C=C(c3cccc(C#N)c3)C=C3NN(Cc4ccccn4)N=C32)c(OC)c1. The zero-order valence-electron chi connectivity index (χ0n) is 20.0. The third-order valence-electron chi connectivity index (χ3n) is 5.80. The van der Waals surface area contributed by atoms with E-state index in [-0.39, 0.29) is 0 Å². The number of rotatable bonds is 8. The second kappa shape index (κ2) is 10.2. The second-order valence-corrected chi connectivity index (χ2v) is 8.13. The molecule has 9 heteroatoms. The van der Waals surface area contributed by atoms with Gasteiger partial charge in [0, 0.05) is 36.1 Å². The maximum absolute atomic E-state index is 9.36. The van der Waals surface area contributed by atoms with Crippen LogP contribution in [-0.4, -0.2) is 35.2 Å². The summed E-state index contributed by atoms with van der Waals surface area (Å²) in [6.07, 6.45) is 5.77. The number of fused-ring (bicyclic) bond motifs is 1. The molecule has 36 heavy (non-hydrogen) atoms. The molecular formula is C27H25N7O2. The van der Waals surface area contributed by atoms with Crippen LogP contribution in [0.4, 0.5) is 0 Å². The van der Waals surface area contributed by atoms with Crippen LogP contribution in [0.15, 0.2) is 89.9 Å². The predicted molar refractivity (Wildman–Crippen MR) is 136 cm³/mol. The summed E-state index contributed by atoms with van der Waals surface area (Å²) in [5.41, 5.74) is 12.0. The average Bonchev–Trinajstić information content (AvgIpc) is 3.34. The number of hydrazine groups is 2.